The van der Waals surface area contributed by atoms with E-state index >= 15 is 0 Å². The molecule has 0 aromatic heterocycles. The molecule has 3 amide bonds. The highest BCUT2D eigenvalue weighted by molar-refractivity contribution is 7.89. The van der Waals surface area contributed by atoms with Crippen LogP contribution in [0, 0.1) is 0 Å². The predicted molar refractivity (Wildman–Crippen MR) is 135 cm³/mol. The van der Waals surface area contributed by atoms with Crippen LogP contribution in [-0.4, -0.2) is 43.5 Å². The van der Waals surface area contributed by atoms with Crippen LogP contribution in [0.3, 0.4) is 0 Å². The number of piperidine rings is 1. The minimum Gasteiger partial charge on any atom is -0.323 e. The maximum Gasteiger partial charge on any atom is 0.248 e. The molecule has 1 fully saturated rings. The van der Waals surface area contributed by atoms with Gasteiger partial charge in [0.25, 0.3) is 0 Å². The number of carbonyl (C=O) groups is 3. The number of carbonyl (C=O) groups excluding carboxylic acids is 3. The van der Waals surface area contributed by atoms with Crippen LogP contribution in [0.25, 0.3) is 6.08 Å². The smallest absolute Gasteiger partial charge is 0.248 e. The molecule has 0 spiro atoms. The Kier molecular flexibility index (Phi) is 8.24. The zero-order valence-corrected chi connectivity index (χ0v) is 21.0. The number of anilines is 1. The van der Waals surface area contributed by atoms with Crippen LogP contribution in [0.2, 0.25) is 0 Å². The fourth-order valence-electron chi connectivity index (χ4n) is 4.26. The Morgan fingerprint density at radius 1 is 1.03 bits per heavy atom. The van der Waals surface area contributed by atoms with Crippen molar-refractivity contribution >= 4 is 39.5 Å². The normalized spacial score (nSPS) is 18.6. The summed E-state index contributed by atoms with van der Waals surface area (Å²) in [6, 6.07) is 13.4. The summed E-state index contributed by atoms with van der Waals surface area (Å²) in [5, 5.41) is 5.20. The molecule has 1 saturated heterocycles. The fourth-order valence-corrected chi connectivity index (χ4v) is 5.72. The van der Waals surface area contributed by atoms with Gasteiger partial charge in [0, 0.05) is 31.3 Å². The fraction of sp³-hybridized carbons (Fsp3) is 0.346. The van der Waals surface area contributed by atoms with Gasteiger partial charge in [-0.15, -0.1) is 0 Å². The van der Waals surface area contributed by atoms with Crippen LogP contribution in [0.15, 0.2) is 59.5 Å². The summed E-state index contributed by atoms with van der Waals surface area (Å²) in [6.07, 6.45) is 4.29. The van der Waals surface area contributed by atoms with E-state index in [0.29, 0.717) is 43.6 Å². The molecule has 1 unspecified atom stereocenters. The minimum atomic E-state index is -3.53. The van der Waals surface area contributed by atoms with E-state index in [0.717, 1.165) is 5.56 Å². The largest absolute Gasteiger partial charge is 0.323 e. The Hall–Kier alpha value is -3.30. The van der Waals surface area contributed by atoms with Gasteiger partial charge in [0.15, 0.2) is 0 Å². The molecule has 1 atom stereocenters. The first-order chi connectivity index (χ1) is 16.7. The van der Waals surface area contributed by atoms with Crippen molar-refractivity contribution in [2.24, 2.45) is 0 Å². The third-order valence-electron chi connectivity index (χ3n) is 6.43. The molecule has 8 nitrogen and oxygen atoms in total. The van der Waals surface area contributed by atoms with Crippen molar-refractivity contribution in [3.8, 4) is 0 Å². The van der Waals surface area contributed by atoms with Crippen LogP contribution in [0.5, 0.6) is 0 Å². The first-order valence-electron chi connectivity index (χ1n) is 11.7. The monoisotopic (exact) mass is 497 g/mol. The molecule has 186 valence electrons. The van der Waals surface area contributed by atoms with E-state index in [-0.39, 0.29) is 22.6 Å². The molecule has 0 bridgehead atoms. The van der Waals surface area contributed by atoms with Gasteiger partial charge < -0.3 is 5.32 Å². The van der Waals surface area contributed by atoms with Crippen molar-refractivity contribution in [2.75, 3.05) is 18.4 Å². The first-order valence-corrected chi connectivity index (χ1v) is 13.1. The van der Waals surface area contributed by atoms with E-state index in [2.05, 4.69) is 10.6 Å². The summed E-state index contributed by atoms with van der Waals surface area (Å²) in [5.74, 6) is -0.884. The van der Waals surface area contributed by atoms with Gasteiger partial charge in [-0.1, -0.05) is 45.0 Å². The van der Waals surface area contributed by atoms with Gasteiger partial charge in [-0.2, -0.15) is 4.31 Å². The summed E-state index contributed by atoms with van der Waals surface area (Å²) < 4.78 is 26.5. The molecule has 1 heterocycles. The van der Waals surface area contributed by atoms with E-state index in [1.807, 2.05) is 6.92 Å². The van der Waals surface area contributed by atoms with Gasteiger partial charge in [-0.25, -0.2) is 8.42 Å². The lowest BCUT2D eigenvalue weighted by Crippen LogP contribution is -2.51. The third-order valence-corrected chi connectivity index (χ3v) is 8.49. The van der Waals surface area contributed by atoms with Crippen molar-refractivity contribution < 1.29 is 22.8 Å². The van der Waals surface area contributed by atoms with Crippen LogP contribution in [0.4, 0.5) is 5.69 Å². The van der Waals surface area contributed by atoms with Gasteiger partial charge in [0.1, 0.15) is 0 Å². The van der Waals surface area contributed by atoms with E-state index in [1.165, 1.54) is 22.5 Å². The second kappa shape index (κ2) is 11.0. The topological polar surface area (TPSA) is 113 Å². The molecule has 35 heavy (non-hydrogen) atoms. The lowest BCUT2D eigenvalue weighted by molar-refractivity contribution is -0.138. The molecular weight excluding hydrogens is 466 g/mol. The zero-order chi connectivity index (χ0) is 25.6. The van der Waals surface area contributed by atoms with E-state index in [9.17, 15) is 22.8 Å². The second-order valence-electron chi connectivity index (χ2n) is 8.37. The van der Waals surface area contributed by atoms with Crippen molar-refractivity contribution in [2.45, 2.75) is 50.3 Å². The predicted octanol–water partition coefficient (Wildman–Crippen LogP) is 3.45. The number of nitrogens with one attached hydrogen (secondary N) is 2. The average molecular weight is 498 g/mol. The molecule has 1 aliphatic rings. The number of rotatable bonds is 9. The Balaban J connectivity index is 1.65. The summed E-state index contributed by atoms with van der Waals surface area (Å²) in [6.45, 7) is 6.30. The number of benzene rings is 2. The maximum atomic E-state index is 12.6. The SMILES string of the molecule is CCN(CC)S(=O)(=O)c1ccc(/C=C/C(=O)Nc2ccc(C3(CC)CCC(=O)NC3=O)cc2)cc1. The molecule has 3 rings (SSSR count). The molecular formula is C26H31N3O5S. The molecule has 9 heteroatoms. The van der Waals surface area contributed by atoms with Crippen molar-refractivity contribution in [3.63, 3.8) is 0 Å². The minimum absolute atomic E-state index is 0.212. The lowest BCUT2D eigenvalue weighted by Gasteiger charge is -2.35. The van der Waals surface area contributed by atoms with Crippen molar-refractivity contribution in [3.05, 3.63) is 65.7 Å². The standard InChI is InChI=1S/C26H31N3O5S/c1-4-26(18-17-24(31)28-25(26)32)20-10-12-21(13-11-20)27-23(30)16-9-19-7-14-22(15-8-19)35(33,34)29(5-2)6-3/h7-16H,4-6,17-18H2,1-3H3,(H,27,30)(H,28,31,32)/b16-9+. The van der Waals surface area contributed by atoms with Crippen LogP contribution in [0.1, 0.15) is 51.2 Å². The van der Waals surface area contributed by atoms with Gasteiger partial charge in [0.05, 0.1) is 10.3 Å². The first kappa shape index (κ1) is 26.3. The highest BCUT2D eigenvalue weighted by Gasteiger charge is 2.42. The van der Waals surface area contributed by atoms with Gasteiger partial charge >= 0.3 is 0 Å². The zero-order valence-electron chi connectivity index (χ0n) is 20.2. The maximum absolute atomic E-state index is 12.6. The summed E-state index contributed by atoms with van der Waals surface area (Å²) in [5.41, 5.74) is 1.32. The Morgan fingerprint density at radius 2 is 1.66 bits per heavy atom. The molecule has 1 aliphatic heterocycles. The number of sulfonamides is 1. The van der Waals surface area contributed by atoms with Gasteiger partial charge in [0.2, 0.25) is 27.7 Å². The molecule has 0 radical (unpaired) electrons. The Morgan fingerprint density at radius 3 is 2.20 bits per heavy atom. The number of hydrogen-bond donors (Lipinski definition) is 2. The molecule has 0 saturated carbocycles. The highest BCUT2D eigenvalue weighted by atomic mass is 32.2. The average Bonchev–Trinajstić information content (AvgIpc) is 2.85. The Bertz CT molecular complexity index is 1220. The van der Waals surface area contributed by atoms with Crippen LogP contribution < -0.4 is 10.6 Å². The summed E-state index contributed by atoms with van der Waals surface area (Å²) in [4.78, 5) is 36.7. The van der Waals surface area contributed by atoms with Gasteiger partial charge in [-0.3, -0.25) is 19.7 Å². The highest BCUT2D eigenvalue weighted by Crippen LogP contribution is 2.36. The number of nitrogens with zero attached hydrogens (tertiary/aromatic N) is 1. The molecule has 2 aromatic carbocycles. The van der Waals surface area contributed by atoms with E-state index < -0.39 is 15.4 Å². The second-order valence-corrected chi connectivity index (χ2v) is 10.3. The lowest BCUT2D eigenvalue weighted by atomic mass is 9.72. The number of amides is 3. The van der Waals surface area contributed by atoms with E-state index in [4.69, 9.17) is 0 Å². The van der Waals surface area contributed by atoms with Crippen molar-refractivity contribution in [1.29, 1.82) is 0 Å². The summed E-state index contributed by atoms with van der Waals surface area (Å²) >= 11 is 0. The quantitative estimate of drug-likeness (QED) is 0.407. The molecule has 2 N–H and O–H groups in total. The number of hydrogen-bond acceptors (Lipinski definition) is 5. The van der Waals surface area contributed by atoms with Crippen LogP contribution in [-0.2, 0) is 29.8 Å². The van der Waals surface area contributed by atoms with Crippen LogP contribution >= 0.6 is 0 Å². The molecule has 2 aromatic rings. The van der Waals surface area contributed by atoms with Gasteiger partial charge in [-0.05, 0) is 54.3 Å². The van der Waals surface area contributed by atoms with Crippen molar-refractivity contribution in [1.82, 2.24) is 9.62 Å². The molecule has 0 aliphatic carbocycles. The van der Waals surface area contributed by atoms with E-state index in [1.54, 1.807) is 56.3 Å². The third kappa shape index (κ3) is 5.68. The Labute approximate surface area is 206 Å². The number of imide groups is 1. The summed E-state index contributed by atoms with van der Waals surface area (Å²) in [7, 11) is -3.53.